The van der Waals surface area contributed by atoms with Gasteiger partial charge in [0.25, 0.3) is 5.92 Å². The lowest BCUT2D eigenvalue weighted by atomic mass is 10.2. The zero-order chi connectivity index (χ0) is 15.1. The zero-order valence-corrected chi connectivity index (χ0v) is 10.9. The fourth-order valence-electron chi connectivity index (χ4n) is 2.02. The molecule has 0 spiro atoms. The van der Waals surface area contributed by atoms with Crippen molar-refractivity contribution in [3.05, 3.63) is 30.1 Å². The minimum atomic E-state index is -4.33. The minimum absolute atomic E-state index is 0.364. The highest BCUT2D eigenvalue weighted by atomic mass is 32.2. The number of sulfonamides is 1. The topological polar surface area (TPSA) is 80.5 Å². The lowest BCUT2D eigenvalue weighted by Gasteiger charge is -2.20. The number of carbonyl (C=O) groups is 1. The molecule has 1 amide bonds. The van der Waals surface area contributed by atoms with E-state index in [1.54, 1.807) is 0 Å². The van der Waals surface area contributed by atoms with Gasteiger partial charge < -0.3 is 5.73 Å². The van der Waals surface area contributed by atoms with Crippen molar-refractivity contribution in [2.24, 2.45) is 5.73 Å². The Labute approximate surface area is 113 Å². The maximum absolute atomic E-state index is 13.3. The number of rotatable bonds is 3. The lowest BCUT2D eigenvalue weighted by Crippen LogP contribution is -2.43. The molecule has 0 aromatic heterocycles. The van der Waals surface area contributed by atoms with E-state index >= 15 is 0 Å². The number of nitrogens with zero attached hydrogens (tertiary/aromatic N) is 1. The molecule has 110 valence electrons. The van der Waals surface area contributed by atoms with Gasteiger partial charge in [-0.05, 0) is 24.3 Å². The van der Waals surface area contributed by atoms with Gasteiger partial charge >= 0.3 is 0 Å². The normalized spacial score (nSPS) is 22.9. The summed E-state index contributed by atoms with van der Waals surface area (Å²) in [5.74, 6) is -5.14. The molecule has 0 aliphatic carbocycles. The second-order valence-electron chi connectivity index (χ2n) is 4.48. The smallest absolute Gasteiger partial charge is 0.263 e. The molecule has 0 unspecified atom stereocenters. The molecular weight excluding hydrogens is 297 g/mol. The Morgan fingerprint density at radius 3 is 2.35 bits per heavy atom. The molecule has 20 heavy (non-hydrogen) atoms. The number of alkyl halides is 2. The van der Waals surface area contributed by atoms with Gasteiger partial charge in [-0.2, -0.15) is 4.31 Å². The summed E-state index contributed by atoms with van der Waals surface area (Å²) in [5, 5.41) is 0. The monoisotopic (exact) mass is 308 g/mol. The van der Waals surface area contributed by atoms with Gasteiger partial charge in [0.1, 0.15) is 11.9 Å². The average Bonchev–Trinajstić information content (AvgIpc) is 2.67. The fraction of sp³-hybridized carbons (Fsp3) is 0.364. The van der Waals surface area contributed by atoms with Gasteiger partial charge in [0.15, 0.2) is 0 Å². The van der Waals surface area contributed by atoms with Crippen molar-refractivity contribution in [1.29, 1.82) is 0 Å². The molecule has 5 nitrogen and oxygen atoms in total. The number of amides is 1. The lowest BCUT2D eigenvalue weighted by molar-refractivity contribution is -0.121. The van der Waals surface area contributed by atoms with Crippen molar-refractivity contribution in [2.75, 3.05) is 6.54 Å². The van der Waals surface area contributed by atoms with Gasteiger partial charge in [-0.3, -0.25) is 4.79 Å². The van der Waals surface area contributed by atoms with E-state index in [0.29, 0.717) is 4.31 Å². The molecule has 1 aliphatic heterocycles. The highest BCUT2D eigenvalue weighted by Crippen LogP contribution is 2.35. The molecule has 1 heterocycles. The Kier molecular flexibility index (Phi) is 3.51. The molecule has 1 saturated heterocycles. The van der Waals surface area contributed by atoms with Crippen LogP contribution in [0.5, 0.6) is 0 Å². The van der Waals surface area contributed by atoms with Gasteiger partial charge in [0.05, 0.1) is 11.4 Å². The first-order valence-corrected chi connectivity index (χ1v) is 7.02. The Bertz CT molecular complexity index is 631. The van der Waals surface area contributed by atoms with Gasteiger partial charge in [-0.25, -0.2) is 21.6 Å². The maximum atomic E-state index is 13.3. The van der Waals surface area contributed by atoms with Crippen molar-refractivity contribution in [3.8, 4) is 0 Å². The molecule has 1 aromatic rings. The third-order valence-corrected chi connectivity index (χ3v) is 4.84. The van der Waals surface area contributed by atoms with Crippen molar-refractivity contribution in [2.45, 2.75) is 23.3 Å². The highest BCUT2D eigenvalue weighted by molar-refractivity contribution is 7.89. The molecular formula is C11H11F3N2O3S. The van der Waals surface area contributed by atoms with E-state index in [2.05, 4.69) is 0 Å². The Hall–Kier alpha value is -1.61. The molecule has 1 aromatic carbocycles. The van der Waals surface area contributed by atoms with E-state index in [9.17, 15) is 26.4 Å². The highest BCUT2D eigenvalue weighted by Gasteiger charge is 2.52. The number of carbonyl (C=O) groups excluding carboxylic acids is 1. The first-order valence-electron chi connectivity index (χ1n) is 5.58. The first-order chi connectivity index (χ1) is 9.13. The van der Waals surface area contributed by atoms with Crippen LogP contribution in [-0.4, -0.2) is 37.1 Å². The molecule has 0 saturated carbocycles. The van der Waals surface area contributed by atoms with E-state index in [1.165, 1.54) is 0 Å². The molecule has 1 aliphatic rings. The molecule has 1 fully saturated rings. The second kappa shape index (κ2) is 4.74. The van der Waals surface area contributed by atoms with Crippen LogP contribution in [-0.2, 0) is 14.8 Å². The molecule has 9 heteroatoms. The summed E-state index contributed by atoms with van der Waals surface area (Å²) in [4.78, 5) is 10.8. The predicted molar refractivity (Wildman–Crippen MR) is 62.8 cm³/mol. The van der Waals surface area contributed by atoms with E-state index < -0.39 is 46.7 Å². The number of nitrogens with two attached hydrogens (primary N) is 1. The first kappa shape index (κ1) is 14.8. The zero-order valence-electron chi connectivity index (χ0n) is 10.1. The van der Waals surface area contributed by atoms with Gasteiger partial charge in [-0.15, -0.1) is 0 Å². The summed E-state index contributed by atoms with van der Waals surface area (Å²) < 4.78 is 64.2. The summed E-state index contributed by atoms with van der Waals surface area (Å²) >= 11 is 0. The van der Waals surface area contributed by atoms with Crippen molar-refractivity contribution in [3.63, 3.8) is 0 Å². The van der Waals surface area contributed by atoms with Crippen LogP contribution in [0, 0.1) is 5.82 Å². The number of benzene rings is 1. The van der Waals surface area contributed by atoms with Crippen LogP contribution in [0.4, 0.5) is 13.2 Å². The van der Waals surface area contributed by atoms with Crippen molar-refractivity contribution < 1.29 is 26.4 Å². The van der Waals surface area contributed by atoms with E-state index in [0.717, 1.165) is 24.3 Å². The molecule has 2 rings (SSSR count). The van der Waals surface area contributed by atoms with Crippen LogP contribution in [0.2, 0.25) is 0 Å². The van der Waals surface area contributed by atoms with Crippen LogP contribution in [0.1, 0.15) is 6.42 Å². The summed E-state index contributed by atoms with van der Waals surface area (Å²) in [6, 6.07) is 2.05. The van der Waals surface area contributed by atoms with Gasteiger partial charge in [-0.1, -0.05) is 0 Å². The summed E-state index contributed by atoms with van der Waals surface area (Å²) in [6.45, 7) is -1.12. The van der Waals surface area contributed by atoms with Crippen LogP contribution in [0.25, 0.3) is 0 Å². The van der Waals surface area contributed by atoms with Crippen molar-refractivity contribution in [1.82, 2.24) is 4.31 Å². The number of halogens is 3. The fourth-order valence-corrected chi connectivity index (χ4v) is 3.65. The van der Waals surface area contributed by atoms with E-state index in [4.69, 9.17) is 5.73 Å². The van der Waals surface area contributed by atoms with Crippen LogP contribution < -0.4 is 5.73 Å². The Morgan fingerprint density at radius 2 is 1.85 bits per heavy atom. The summed E-state index contributed by atoms with van der Waals surface area (Å²) in [5.41, 5.74) is 4.97. The van der Waals surface area contributed by atoms with Gasteiger partial charge in [0.2, 0.25) is 15.9 Å². The summed E-state index contributed by atoms with van der Waals surface area (Å²) in [7, 11) is -4.33. The minimum Gasteiger partial charge on any atom is -0.368 e. The Balaban J connectivity index is 2.42. The quantitative estimate of drug-likeness (QED) is 0.893. The number of hydrogen-bond donors (Lipinski definition) is 1. The predicted octanol–water partition coefficient (Wildman–Crippen LogP) is 0.709. The molecule has 1 atom stereocenters. The molecule has 0 bridgehead atoms. The van der Waals surface area contributed by atoms with Crippen LogP contribution in [0.3, 0.4) is 0 Å². The summed E-state index contributed by atoms with van der Waals surface area (Å²) in [6.07, 6.45) is -0.956. The second-order valence-corrected chi connectivity index (χ2v) is 6.37. The maximum Gasteiger partial charge on any atom is 0.263 e. The van der Waals surface area contributed by atoms with Crippen molar-refractivity contribution >= 4 is 15.9 Å². The largest absolute Gasteiger partial charge is 0.368 e. The average molecular weight is 308 g/mol. The van der Waals surface area contributed by atoms with E-state index in [1.807, 2.05) is 0 Å². The van der Waals surface area contributed by atoms with Crippen LogP contribution >= 0.6 is 0 Å². The number of primary amides is 1. The number of hydrogen-bond acceptors (Lipinski definition) is 3. The van der Waals surface area contributed by atoms with Gasteiger partial charge in [0, 0.05) is 6.42 Å². The molecule has 0 radical (unpaired) electrons. The SMILES string of the molecule is NC(=O)[C@@H]1CC(F)(F)CN1S(=O)(=O)c1ccc(F)cc1. The van der Waals surface area contributed by atoms with E-state index in [-0.39, 0.29) is 4.90 Å². The molecule has 2 N–H and O–H groups in total. The van der Waals surface area contributed by atoms with Crippen LogP contribution in [0.15, 0.2) is 29.2 Å². The third kappa shape index (κ3) is 2.63. The Morgan fingerprint density at radius 1 is 1.30 bits per heavy atom. The third-order valence-electron chi connectivity index (χ3n) is 2.98. The standard InChI is InChI=1S/C11H11F3N2O3S/c12-7-1-3-8(4-2-7)20(18,19)16-6-11(13,14)5-9(16)10(15)17/h1-4,9H,5-6H2,(H2,15,17)/t9-/m0/s1.